The van der Waals surface area contributed by atoms with Crippen LogP contribution in [0, 0.1) is 5.95 Å². The summed E-state index contributed by atoms with van der Waals surface area (Å²) in [5.74, 6) is 1.04. The topological polar surface area (TPSA) is 102 Å². The number of carbonyl (C=O) groups excluding carboxylic acids is 1. The molecule has 0 saturated heterocycles. The predicted molar refractivity (Wildman–Crippen MR) is 134 cm³/mol. The van der Waals surface area contributed by atoms with Crippen molar-refractivity contribution < 1.29 is 18.7 Å². The van der Waals surface area contributed by atoms with Crippen molar-refractivity contribution in [1.82, 2.24) is 25.6 Å². The number of fused-ring (bicyclic) bond motifs is 1. The molecule has 2 unspecified atom stereocenters. The number of hydrogen-bond donors (Lipinski definition) is 2. The Morgan fingerprint density at radius 1 is 1.19 bits per heavy atom. The highest BCUT2D eigenvalue weighted by atomic mass is 19.1. The van der Waals surface area contributed by atoms with Crippen LogP contribution in [-0.2, 0) is 16.0 Å². The highest BCUT2D eigenvalue weighted by molar-refractivity contribution is 5.68. The first-order valence-electron chi connectivity index (χ1n) is 12.7. The Kier molecular flexibility index (Phi) is 9.05. The van der Waals surface area contributed by atoms with Crippen molar-refractivity contribution in [1.29, 1.82) is 0 Å². The van der Waals surface area contributed by atoms with Crippen molar-refractivity contribution in [3.8, 4) is 5.75 Å². The summed E-state index contributed by atoms with van der Waals surface area (Å²) < 4.78 is 24.9. The van der Waals surface area contributed by atoms with Crippen LogP contribution in [0.1, 0.15) is 74.7 Å². The first-order valence-corrected chi connectivity index (χ1v) is 12.7. The van der Waals surface area contributed by atoms with Gasteiger partial charge < -0.3 is 19.7 Å². The first kappa shape index (κ1) is 25.8. The maximum atomic E-state index is 14.4. The van der Waals surface area contributed by atoms with Crippen LogP contribution in [0.4, 0.5) is 10.2 Å². The number of aromatic nitrogens is 3. The molecule has 2 aromatic rings. The fourth-order valence-corrected chi connectivity index (χ4v) is 4.55. The molecule has 0 fully saturated rings. The van der Waals surface area contributed by atoms with Gasteiger partial charge in [-0.25, -0.2) is 15.0 Å². The second-order valence-electron chi connectivity index (χ2n) is 9.09. The Labute approximate surface area is 211 Å². The minimum Gasteiger partial charge on any atom is -0.493 e. The summed E-state index contributed by atoms with van der Waals surface area (Å²) in [4.78, 5) is 26.7. The zero-order valence-corrected chi connectivity index (χ0v) is 21.0. The number of carbonyl (C=O) groups is 1. The number of ether oxygens (including phenoxy) is 2. The molecule has 2 aromatic heterocycles. The van der Waals surface area contributed by atoms with Gasteiger partial charge in [-0.15, -0.1) is 0 Å². The summed E-state index contributed by atoms with van der Waals surface area (Å²) in [7, 11) is 1.41. The molecular weight excluding hydrogens is 463 g/mol. The number of nitrogens with zero attached hydrogens (tertiary/aromatic N) is 4. The van der Waals surface area contributed by atoms with E-state index in [-0.39, 0.29) is 18.2 Å². The molecule has 0 aliphatic carbocycles. The third kappa shape index (κ3) is 6.69. The first-order chi connectivity index (χ1) is 17.5. The van der Waals surface area contributed by atoms with Crippen LogP contribution in [0.2, 0.25) is 0 Å². The van der Waals surface area contributed by atoms with Crippen molar-refractivity contribution in [2.75, 3.05) is 31.7 Å². The molecule has 36 heavy (non-hydrogen) atoms. The number of methoxy groups -OCH3 is 1. The molecule has 2 aliphatic rings. The normalized spacial score (nSPS) is 18.9. The molecule has 2 aliphatic heterocycles. The summed E-state index contributed by atoms with van der Waals surface area (Å²) in [6.07, 6.45) is 11.6. The molecule has 0 spiro atoms. The molecule has 0 bridgehead atoms. The second-order valence-corrected chi connectivity index (χ2v) is 9.09. The number of anilines is 1. The predicted octanol–water partition coefficient (Wildman–Crippen LogP) is 3.73. The maximum absolute atomic E-state index is 14.4. The van der Waals surface area contributed by atoms with E-state index in [1.54, 1.807) is 6.07 Å². The Hall–Kier alpha value is -3.27. The zero-order chi connectivity index (χ0) is 25.3. The van der Waals surface area contributed by atoms with Gasteiger partial charge in [0.15, 0.2) is 5.82 Å². The monoisotopic (exact) mass is 498 g/mol. The van der Waals surface area contributed by atoms with E-state index < -0.39 is 5.95 Å². The van der Waals surface area contributed by atoms with E-state index in [1.807, 2.05) is 18.5 Å². The molecule has 9 nitrogen and oxygen atoms in total. The van der Waals surface area contributed by atoms with Crippen molar-refractivity contribution in [2.24, 2.45) is 0 Å². The lowest BCUT2D eigenvalue weighted by molar-refractivity contribution is -0.140. The van der Waals surface area contributed by atoms with Crippen LogP contribution < -0.4 is 20.3 Å². The van der Waals surface area contributed by atoms with Gasteiger partial charge in [-0.1, -0.05) is 25.3 Å². The van der Waals surface area contributed by atoms with Gasteiger partial charge in [0.05, 0.1) is 25.5 Å². The van der Waals surface area contributed by atoms with Gasteiger partial charge in [-0.05, 0) is 26.0 Å². The fourth-order valence-electron chi connectivity index (χ4n) is 4.55. The SMILES string of the molecule is COC(=O)CCCCCCCOc1cc(F)nc(N2CCc3nc(C4NC=CCN4)ncc3C2C)c1. The number of esters is 1. The summed E-state index contributed by atoms with van der Waals surface area (Å²) in [6, 6.07) is 3.09. The molecule has 2 N–H and O–H groups in total. The van der Waals surface area contributed by atoms with E-state index in [0.29, 0.717) is 31.1 Å². The van der Waals surface area contributed by atoms with E-state index in [2.05, 4.69) is 37.2 Å². The average Bonchev–Trinajstić information content (AvgIpc) is 2.90. The van der Waals surface area contributed by atoms with Crippen LogP contribution in [-0.4, -0.2) is 47.7 Å². The summed E-state index contributed by atoms with van der Waals surface area (Å²) in [5, 5.41) is 6.56. The molecule has 0 amide bonds. The molecule has 2 atom stereocenters. The van der Waals surface area contributed by atoms with Gasteiger partial charge in [0.2, 0.25) is 5.95 Å². The van der Waals surface area contributed by atoms with Gasteiger partial charge >= 0.3 is 5.97 Å². The Morgan fingerprint density at radius 2 is 2.03 bits per heavy atom. The highest BCUT2D eigenvalue weighted by Crippen LogP contribution is 2.33. The number of unbranched alkanes of at least 4 members (excludes halogenated alkanes) is 4. The molecule has 0 radical (unpaired) electrons. The lowest BCUT2D eigenvalue weighted by atomic mass is 9.99. The number of hydrogen-bond acceptors (Lipinski definition) is 9. The minimum atomic E-state index is -0.558. The van der Waals surface area contributed by atoms with Crippen LogP contribution >= 0.6 is 0 Å². The van der Waals surface area contributed by atoms with E-state index in [1.165, 1.54) is 13.2 Å². The number of halogens is 1. The number of rotatable bonds is 11. The van der Waals surface area contributed by atoms with Crippen LogP contribution in [0.5, 0.6) is 5.75 Å². The molecular formula is C26H35FN6O3. The summed E-state index contributed by atoms with van der Waals surface area (Å²) in [6.45, 7) is 4.02. The van der Waals surface area contributed by atoms with E-state index in [4.69, 9.17) is 9.72 Å². The second kappa shape index (κ2) is 12.6. The Balaban J connectivity index is 1.31. The number of pyridine rings is 1. The van der Waals surface area contributed by atoms with Crippen molar-refractivity contribution in [3.63, 3.8) is 0 Å². The van der Waals surface area contributed by atoms with Gasteiger partial charge in [-0.3, -0.25) is 10.1 Å². The lowest BCUT2D eigenvalue weighted by Crippen LogP contribution is -2.38. The molecule has 4 rings (SSSR count). The van der Waals surface area contributed by atoms with E-state index in [0.717, 1.165) is 62.2 Å². The lowest BCUT2D eigenvalue weighted by Gasteiger charge is -2.36. The van der Waals surface area contributed by atoms with Crippen molar-refractivity contribution >= 4 is 11.8 Å². The van der Waals surface area contributed by atoms with Gasteiger partial charge in [-0.2, -0.15) is 4.39 Å². The van der Waals surface area contributed by atoms with Gasteiger partial charge in [0, 0.05) is 49.8 Å². The fraction of sp³-hybridized carbons (Fsp3) is 0.538. The molecule has 0 aromatic carbocycles. The van der Waals surface area contributed by atoms with Crippen LogP contribution in [0.25, 0.3) is 0 Å². The van der Waals surface area contributed by atoms with Crippen molar-refractivity contribution in [3.05, 3.63) is 53.6 Å². The third-order valence-corrected chi connectivity index (χ3v) is 6.57. The third-order valence-electron chi connectivity index (χ3n) is 6.57. The zero-order valence-electron chi connectivity index (χ0n) is 21.0. The maximum Gasteiger partial charge on any atom is 0.305 e. The molecule has 4 heterocycles. The quantitative estimate of drug-likeness (QED) is 0.273. The Bertz CT molecular complexity index is 1070. The Morgan fingerprint density at radius 3 is 2.83 bits per heavy atom. The molecule has 10 heteroatoms. The summed E-state index contributed by atoms with van der Waals surface area (Å²) in [5.41, 5.74) is 2.04. The molecule has 0 saturated carbocycles. The van der Waals surface area contributed by atoms with Crippen molar-refractivity contribution in [2.45, 2.75) is 64.1 Å². The van der Waals surface area contributed by atoms with Gasteiger partial charge in [0.25, 0.3) is 0 Å². The standard InChI is InChI=1S/C26H35FN6O3/c1-18-20-17-30-26(25-28-11-8-12-29-25)31-21(20)10-13-33(18)23-16-19(15-22(27)32-23)36-14-7-5-3-4-6-9-24(34)35-2/h8,11,15-18,25,28-29H,3-7,9-10,12-14H2,1-2H3. The van der Waals surface area contributed by atoms with E-state index in [9.17, 15) is 9.18 Å². The van der Waals surface area contributed by atoms with Gasteiger partial charge in [0.1, 0.15) is 17.7 Å². The number of nitrogens with one attached hydrogen (secondary N) is 2. The molecule has 194 valence electrons. The highest BCUT2D eigenvalue weighted by Gasteiger charge is 2.28. The average molecular weight is 499 g/mol. The smallest absolute Gasteiger partial charge is 0.305 e. The largest absolute Gasteiger partial charge is 0.493 e. The summed E-state index contributed by atoms with van der Waals surface area (Å²) >= 11 is 0. The van der Waals surface area contributed by atoms with Crippen LogP contribution in [0.3, 0.4) is 0 Å². The van der Waals surface area contributed by atoms with E-state index >= 15 is 0 Å². The van der Waals surface area contributed by atoms with Crippen LogP contribution in [0.15, 0.2) is 30.6 Å². The minimum absolute atomic E-state index is 0.0397.